The van der Waals surface area contributed by atoms with Crippen molar-refractivity contribution in [1.29, 1.82) is 0 Å². The lowest BCUT2D eigenvalue weighted by molar-refractivity contribution is 0.266. The molecule has 1 unspecified atom stereocenters. The fraction of sp³-hybridized carbons (Fsp3) is 0.786. The molecule has 0 aromatic carbocycles. The summed E-state index contributed by atoms with van der Waals surface area (Å²) in [5, 5.41) is 7.02. The first-order valence-corrected chi connectivity index (χ1v) is 7.83. The van der Waals surface area contributed by atoms with Gasteiger partial charge in [-0.3, -0.25) is 0 Å². The van der Waals surface area contributed by atoms with Crippen LogP contribution in [0.25, 0.3) is 0 Å². The van der Waals surface area contributed by atoms with Gasteiger partial charge in [0.15, 0.2) is 0 Å². The van der Waals surface area contributed by atoms with E-state index in [1.165, 1.54) is 43.5 Å². The lowest BCUT2D eigenvalue weighted by Crippen LogP contribution is -2.34. The van der Waals surface area contributed by atoms with Gasteiger partial charge in [-0.2, -0.15) is 0 Å². The molecular weight excluding hydrogens is 228 g/mol. The van der Waals surface area contributed by atoms with E-state index in [1.807, 2.05) is 6.20 Å². The van der Waals surface area contributed by atoms with Crippen molar-refractivity contribution < 1.29 is 0 Å². The van der Waals surface area contributed by atoms with Crippen LogP contribution >= 0.6 is 11.3 Å². The second kappa shape index (κ2) is 6.50. The summed E-state index contributed by atoms with van der Waals surface area (Å²) in [6.45, 7) is 4.53. The number of thiazole rings is 1. The maximum Gasteiger partial charge on any atom is 0.109 e. The van der Waals surface area contributed by atoms with Crippen molar-refractivity contribution in [3.63, 3.8) is 0 Å². The van der Waals surface area contributed by atoms with Crippen LogP contribution in [-0.2, 0) is 0 Å². The SMILES string of the molecule is CCCC1CCC(NC(C)c2nccs2)CC1. The highest BCUT2D eigenvalue weighted by Crippen LogP contribution is 2.29. The van der Waals surface area contributed by atoms with Crippen molar-refractivity contribution in [2.75, 3.05) is 0 Å². The lowest BCUT2D eigenvalue weighted by Gasteiger charge is -2.30. The normalized spacial score (nSPS) is 26.9. The quantitative estimate of drug-likeness (QED) is 0.851. The van der Waals surface area contributed by atoms with Gasteiger partial charge in [0.2, 0.25) is 0 Å². The fourth-order valence-corrected chi connectivity index (χ4v) is 3.55. The molecule has 2 nitrogen and oxygen atoms in total. The summed E-state index contributed by atoms with van der Waals surface area (Å²) in [5.74, 6) is 0.994. The minimum absolute atomic E-state index is 0.419. The van der Waals surface area contributed by atoms with Crippen LogP contribution in [0.5, 0.6) is 0 Å². The largest absolute Gasteiger partial charge is 0.305 e. The van der Waals surface area contributed by atoms with E-state index < -0.39 is 0 Å². The van der Waals surface area contributed by atoms with Gasteiger partial charge < -0.3 is 5.32 Å². The van der Waals surface area contributed by atoms with Crippen LogP contribution in [0.4, 0.5) is 0 Å². The molecule has 17 heavy (non-hydrogen) atoms. The fourth-order valence-electron chi connectivity index (χ4n) is 2.90. The van der Waals surface area contributed by atoms with Crippen LogP contribution in [0.1, 0.15) is 63.4 Å². The first-order valence-electron chi connectivity index (χ1n) is 6.95. The molecule has 0 spiro atoms. The molecule has 1 saturated carbocycles. The van der Waals surface area contributed by atoms with Crippen LogP contribution < -0.4 is 5.32 Å². The average molecular weight is 252 g/mol. The van der Waals surface area contributed by atoms with Crippen molar-refractivity contribution in [1.82, 2.24) is 10.3 Å². The highest BCUT2D eigenvalue weighted by molar-refractivity contribution is 7.09. The van der Waals surface area contributed by atoms with Crippen molar-refractivity contribution >= 4 is 11.3 Å². The maximum absolute atomic E-state index is 4.38. The van der Waals surface area contributed by atoms with Crippen molar-refractivity contribution in [2.24, 2.45) is 5.92 Å². The Kier molecular flexibility index (Phi) is 4.99. The Bertz CT molecular complexity index is 302. The van der Waals surface area contributed by atoms with Crippen LogP contribution in [-0.4, -0.2) is 11.0 Å². The number of hydrogen-bond donors (Lipinski definition) is 1. The summed E-state index contributed by atoms with van der Waals surface area (Å²) in [6, 6.07) is 1.13. The Morgan fingerprint density at radius 1 is 1.41 bits per heavy atom. The minimum Gasteiger partial charge on any atom is -0.305 e. The van der Waals surface area contributed by atoms with E-state index in [9.17, 15) is 0 Å². The third kappa shape index (κ3) is 3.78. The molecule has 0 radical (unpaired) electrons. The van der Waals surface area contributed by atoms with Gasteiger partial charge in [-0.05, 0) is 38.5 Å². The molecule has 1 aliphatic carbocycles. The van der Waals surface area contributed by atoms with E-state index in [4.69, 9.17) is 0 Å². The Hall–Kier alpha value is -0.410. The Balaban J connectivity index is 1.74. The first-order chi connectivity index (χ1) is 8.29. The summed E-state index contributed by atoms with van der Waals surface area (Å²) in [4.78, 5) is 4.38. The van der Waals surface area contributed by atoms with Gasteiger partial charge in [0.05, 0.1) is 6.04 Å². The molecule has 3 heteroatoms. The van der Waals surface area contributed by atoms with Crippen LogP contribution in [0.2, 0.25) is 0 Å². The van der Waals surface area contributed by atoms with Gasteiger partial charge in [-0.15, -0.1) is 11.3 Å². The number of hydrogen-bond acceptors (Lipinski definition) is 3. The topological polar surface area (TPSA) is 24.9 Å². The second-order valence-electron chi connectivity index (χ2n) is 5.27. The zero-order valence-corrected chi connectivity index (χ0v) is 11.8. The monoisotopic (exact) mass is 252 g/mol. The van der Waals surface area contributed by atoms with Gasteiger partial charge >= 0.3 is 0 Å². The Morgan fingerprint density at radius 3 is 2.76 bits per heavy atom. The highest BCUT2D eigenvalue weighted by atomic mass is 32.1. The molecule has 0 bridgehead atoms. The zero-order chi connectivity index (χ0) is 12.1. The molecular formula is C14H24N2S. The molecule has 1 atom stereocenters. The van der Waals surface area contributed by atoms with Crippen molar-refractivity contribution in [3.8, 4) is 0 Å². The van der Waals surface area contributed by atoms with E-state index >= 15 is 0 Å². The van der Waals surface area contributed by atoms with E-state index in [1.54, 1.807) is 11.3 Å². The average Bonchev–Trinajstić information content (AvgIpc) is 2.86. The molecule has 0 amide bonds. The van der Waals surface area contributed by atoms with Crippen molar-refractivity contribution in [3.05, 3.63) is 16.6 Å². The van der Waals surface area contributed by atoms with Crippen LogP contribution in [0, 0.1) is 5.92 Å². The maximum atomic E-state index is 4.38. The van der Waals surface area contributed by atoms with Gasteiger partial charge in [-0.25, -0.2) is 4.98 Å². The summed E-state index contributed by atoms with van der Waals surface area (Å²) in [6.07, 6.45) is 10.2. The standard InChI is InChI=1S/C14H24N2S/c1-3-4-12-5-7-13(8-6-12)16-11(2)14-15-9-10-17-14/h9-13,16H,3-8H2,1-2H3. The van der Waals surface area contributed by atoms with E-state index in [-0.39, 0.29) is 0 Å². The molecule has 1 aromatic rings. The third-order valence-corrected chi connectivity index (χ3v) is 4.81. The summed E-state index contributed by atoms with van der Waals surface area (Å²) in [7, 11) is 0. The molecule has 1 aliphatic rings. The Morgan fingerprint density at radius 2 is 2.18 bits per heavy atom. The summed E-state index contributed by atoms with van der Waals surface area (Å²) < 4.78 is 0. The van der Waals surface area contributed by atoms with Gasteiger partial charge in [0, 0.05) is 17.6 Å². The summed E-state index contributed by atoms with van der Waals surface area (Å²) in [5.41, 5.74) is 0. The molecule has 1 N–H and O–H groups in total. The Labute approximate surface area is 109 Å². The van der Waals surface area contributed by atoms with Gasteiger partial charge in [0.1, 0.15) is 5.01 Å². The molecule has 2 rings (SSSR count). The van der Waals surface area contributed by atoms with Gasteiger partial charge in [-0.1, -0.05) is 19.8 Å². The molecule has 1 heterocycles. The third-order valence-electron chi connectivity index (χ3n) is 3.85. The number of nitrogens with zero attached hydrogens (tertiary/aromatic N) is 1. The van der Waals surface area contributed by atoms with E-state index in [2.05, 4.69) is 29.5 Å². The lowest BCUT2D eigenvalue weighted by atomic mass is 9.83. The predicted octanol–water partition coefficient (Wildman–Crippen LogP) is 4.15. The molecule has 96 valence electrons. The van der Waals surface area contributed by atoms with Crippen LogP contribution in [0.15, 0.2) is 11.6 Å². The minimum atomic E-state index is 0.419. The van der Waals surface area contributed by atoms with Crippen LogP contribution in [0.3, 0.4) is 0 Å². The smallest absolute Gasteiger partial charge is 0.109 e. The zero-order valence-electron chi connectivity index (χ0n) is 11.0. The van der Waals surface area contributed by atoms with E-state index in [0.717, 1.165) is 5.92 Å². The number of rotatable bonds is 5. The van der Waals surface area contributed by atoms with Crippen molar-refractivity contribution in [2.45, 2.75) is 64.5 Å². The second-order valence-corrected chi connectivity index (χ2v) is 6.19. The molecule has 0 saturated heterocycles. The predicted molar refractivity (Wildman–Crippen MR) is 74.3 cm³/mol. The van der Waals surface area contributed by atoms with E-state index in [0.29, 0.717) is 12.1 Å². The van der Waals surface area contributed by atoms with Gasteiger partial charge in [0.25, 0.3) is 0 Å². The summed E-state index contributed by atoms with van der Waals surface area (Å²) >= 11 is 1.75. The highest BCUT2D eigenvalue weighted by Gasteiger charge is 2.22. The molecule has 1 fully saturated rings. The molecule has 1 aromatic heterocycles. The number of nitrogens with one attached hydrogen (secondary N) is 1. The molecule has 0 aliphatic heterocycles. The first kappa shape index (κ1) is 13.0. The number of aromatic nitrogens is 1.